The molecular formula is C13H19ClO4S. The first-order chi connectivity index (χ1) is 8.85. The number of benzene rings is 1. The summed E-state index contributed by atoms with van der Waals surface area (Å²) < 4.78 is 28.4. The van der Waals surface area contributed by atoms with Crippen LogP contribution in [0.4, 0.5) is 0 Å². The summed E-state index contributed by atoms with van der Waals surface area (Å²) in [4.78, 5) is 0. The molecule has 4 nitrogen and oxygen atoms in total. The fourth-order valence-electron chi connectivity index (χ4n) is 1.59. The molecule has 108 valence electrons. The topological polar surface area (TPSA) is 63.6 Å². The van der Waals surface area contributed by atoms with Crippen LogP contribution < -0.4 is 4.74 Å². The Hall–Kier alpha value is -0.780. The minimum atomic E-state index is -3.04. The number of ether oxygens (including phenoxy) is 1. The SMILES string of the molecule is CCCS(=O)(=O)CCOc1ccc(C(C)O)cc1Cl. The average molecular weight is 307 g/mol. The molecule has 0 spiro atoms. The van der Waals surface area contributed by atoms with Crippen LogP contribution in [-0.2, 0) is 9.84 Å². The fraction of sp³-hybridized carbons (Fsp3) is 0.538. The van der Waals surface area contributed by atoms with Crippen LogP contribution in [0.15, 0.2) is 18.2 Å². The minimum absolute atomic E-state index is 0.0185. The second-order valence-electron chi connectivity index (χ2n) is 4.37. The lowest BCUT2D eigenvalue weighted by Gasteiger charge is -2.11. The molecule has 1 aromatic rings. The van der Waals surface area contributed by atoms with E-state index in [4.69, 9.17) is 16.3 Å². The van der Waals surface area contributed by atoms with Gasteiger partial charge in [0, 0.05) is 0 Å². The molecule has 0 aliphatic heterocycles. The van der Waals surface area contributed by atoms with E-state index in [1.165, 1.54) is 0 Å². The van der Waals surface area contributed by atoms with Gasteiger partial charge >= 0.3 is 0 Å². The summed E-state index contributed by atoms with van der Waals surface area (Å²) in [5, 5.41) is 9.77. The summed E-state index contributed by atoms with van der Waals surface area (Å²) in [6.45, 7) is 3.55. The maximum absolute atomic E-state index is 11.5. The van der Waals surface area contributed by atoms with Crippen LogP contribution >= 0.6 is 11.6 Å². The molecule has 6 heteroatoms. The molecule has 1 atom stereocenters. The van der Waals surface area contributed by atoms with Crippen molar-refractivity contribution in [2.24, 2.45) is 0 Å². The van der Waals surface area contributed by atoms with Gasteiger partial charge in [0.1, 0.15) is 12.4 Å². The highest BCUT2D eigenvalue weighted by molar-refractivity contribution is 7.91. The molecule has 1 rings (SSSR count). The van der Waals surface area contributed by atoms with Crippen LogP contribution in [0.5, 0.6) is 5.75 Å². The first-order valence-corrected chi connectivity index (χ1v) is 8.36. The molecule has 0 radical (unpaired) electrons. The average Bonchev–Trinajstić information content (AvgIpc) is 2.30. The third-order valence-electron chi connectivity index (χ3n) is 2.61. The van der Waals surface area contributed by atoms with Crippen molar-refractivity contribution in [1.29, 1.82) is 0 Å². The van der Waals surface area contributed by atoms with Gasteiger partial charge in [0.25, 0.3) is 0 Å². The molecule has 1 N–H and O–H groups in total. The smallest absolute Gasteiger partial charge is 0.153 e. The van der Waals surface area contributed by atoms with Crippen molar-refractivity contribution in [3.05, 3.63) is 28.8 Å². The number of sulfone groups is 1. The predicted molar refractivity (Wildman–Crippen MR) is 76.5 cm³/mol. The van der Waals surface area contributed by atoms with Crippen molar-refractivity contribution in [3.8, 4) is 5.75 Å². The molecule has 0 aliphatic rings. The Morgan fingerprint density at radius 1 is 1.37 bits per heavy atom. The summed E-state index contributed by atoms with van der Waals surface area (Å²) in [6, 6.07) is 4.95. The van der Waals surface area contributed by atoms with Crippen LogP contribution in [0.25, 0.3) is 0 Å². The first kappa shape index (κ1) is 16.3. The monoisotopic (exact) mass is 306 g/mol. The number of aliphatic hydroxyl groups is 1. The number of halogens is 1. The lowest BCUT2D eigenvalue weighted by atomic mass is 10.1. The van der Waals surface area contributed by atoms with Gasteiger partial charge in [-0.1, -0.05) is 24.6 Å². The zero-order chi connectivity index (χ0) is 14.5. The van der Waals surface area contributed by atoms with Gasteiger partial charge in [-0.2, -0.15) is 0 Å². The normalized spacial score (nSPS) is 13.3. The Kier molecular flexibility index (Phi) is 6.10. The van der Waals surface area contributed by atoms with E-state index in [9.17, 15) is 13.5 Å². The first-order valence-electron chi connectivity index (χ1n) is 6.16. The van der Waals surface area contributed by atoms with Gasteiger partial charge in [0.2, 0.25) is 0 Å². The van der Waals surface area contributed by atoms with Crippen molar-refractivity contribution >= 4 is 21.4 Å². The van der Waals surface area contributed by atoms with E-state index >= 15 is 0 Å². The maximum Gasteiger partial charge on any atom is 0.153 e. The molecule has 1 unspecified atom stereocenters. The zero-order valence-electron chi connectivity index (χ0n) is 11.1. The minimum Gasteiger partial charge on any atom is -0.491 e. The van der Waals surface area contributed by atoms with Gasteiger partial charge in [-0.05, 0) is 31.0 Å². The number of aliphatic hydroxyl groups excluding tert-OH is 1. The third-order valence-corrected chi connectivity index (χ3v) is 4.72. The second-order valence-corrected chi connectivity index (χ2v) is 7.08. The highest BCUT2D eigenvalue weighted by Gasteiger charge is 2.11. The van der Waals surface area contributed by atoms with E-state index in [-0.39, 0.29) is 18.1 Å². The Morgan fingerprint density at radius 2 is 2.05 bits per heavy atom. The molecule has 1 aromatic carbocycles. The Labute approximate surface area is 119 Å². The fourth-order valence-corrected chi connectivity index (χ4v) is 2.99. The Bertz CT molecular complexity index is 511. The van der Waals surface area contributed by atoms with Crippen LogP contribution in [0, 0.1) is 0 Å². The molecule has 0 bridgehead atoms. The van der Waals surface area contributed by atoms with Gasteiger partial charge in [0.15, 0.2) is 9.84 Å². The second kappa shape index (κ2) is 7.12. The molecule has 0 aromatic heterocycles. The van der Waals surface area contributed by atoms with E-state index in [1.807, 2.05) is 6.92 Å². The number of hydrogen-bond donors (Lipinski definition) is 1. The molecule has 19 heavy (non-hydrogen) atoms. The summed E-state index contributed by atoms with van der Waals surface area (Å²) in [5.74, 6) is 0.582. The number of hydrogen-bond acceptors (Lipinski definition) is 4. The van der Waals surface area contributed by atoms with E-state index < -0.39 is 15.9 Å². The molecule has 0 amide bonds. The van der Waals surface area contributed by atoms with Crippen LogP contribution in [-0.4, -0.2) is 31.6 Å². The lowest BCUT2D eigenvalue weighted by molar-refractivity contribution is 0.199. The quantitative estimate of drug-likeness (QED) is 0.841. The van der Waals surface area contributed by atoms with Gasteiger partial charge in [-0.25, -0.2) is 8.42 Å². The zero-order valence-corrected chi connectivity index (χ0v) is 12.7. The summed E-state index contributed by atoms with van der Waals surface area (Å²) in [7, 11) is -3.04. The predicted octanol–water partition coefficient (Wildman–Crippen LogP) is 2.60. The lowest BCUT2D eigenvalue weighted by Crippen LogP contribution is -2.16. The largest absolute Gasteiger partial charge is 0.491 e. The van der Waals surface area contributed by atoms with E-state index in [1.54, 1.807) is 25.1 Å². The van der Waals surface area contributed by atoms with Gasteiger partial charge < -0.3 is 9.84 Å². The van der Waals surface area contributed by atoms with Gasteiger partial charge in [0.05, 0.1) is 22.6 Å². The highest BCUT2D eigenvalue weighted by Crippen LogP contribution is 2.27. The molecule has 0 saturated carbocycles. The molecule has 0 aliphatic carbocycles. The van der Waals surface area contributed by atoms with Crippen LogP contribution in [0.3, 0.4) is 0 Å². The standard InChI is InChI=1S/C13H19ClO4S/c1-3-7-19(16,17)8-6-18-13-5-4-11(10(2)15)9-12(13)14/h4-5,9-10,15H,3,6-8H2,1-2H3. The van der Waals surface area contributed by atoms with Crippen molar-refractivity contribution in [3.63, 3.8) is 0 Å². The highest BCUT2D eigenvalue weighted by atomic mass is 35.5. The maximum atomic E-state index is 11.5. The Balaban J connectivity index is 2.59. The summed E-state index contributed by atoms with van der Waals surface area (Å²) >= 11 is 6.00. The van der Waals surface area contributed by atoms with Crippen LogP contribution in [0.2, 0.25) is 5.02 Å². The van der Waals surface area contributed by atoms with E-state index in [0.29, 0.717) is 22.8 Å². The van der Waals surface area contributed by atoms with Crippen molar-refractivity contribution in [1.82, 2.24) is 0 Å². The molecular weight excluding hydrogens is 288 g/mol. The van der Waals surface area contributed by atoms with Gasteiger partial charge in [-0.15, -0.1) is 0 Å². The van der Waals surface area contributed by atoms with E-state index in [2.05, 4.69) is 0 Å². The molecule has 0 fully saturated rings. The van der Waals surface area contributed by atoms with Gasteiger partial charge in [-0.3, -0.25) is 0 Å². The summed E-state index contributed by atoms with van der Waals surface area (Å²) in [6.07, 6.45) is 0.00287. The van der Waals surface area contributed by atoms with Crippen molar-refractivity contribution in [2.45, 2.75) is 26.4 Å². The summed E-state index contributed by atoms with van der Waals surface area (Å²) in [5.41, 5.74) is 0.691. The van der Waals surface area contributed by atoms with E-state index in [0.717, 1.165) is 0 Å². The van der Waals surface area contributed by atoms with Crippen molar-refractivity contribution in [2.75, 3.05) is 18.1 Å². The molecule has 0 saturated heterocycles. The van der Waals surface area contributed by atoms with Crippen LogP contribution in [0.1, 0.15) is 31.9 Å². The molecule has 0 heterocycles. The Morgan fingerprint density at radius 3 is 2.58 bits per heavy atom. The third kappa shape index (κ3) is 5.38. The van der Waals surface area contributed by atoms with Crippen molar-refractivity contribution < 1.29 is 18.3 Å². The number of rotatable bonds is 7.